The molecule has 0 heterocycles. The van der Waals surface area contributed by atoms with E-state index < -0.39 is 5.41 Å². The number of nitro benzene ring substituents is 1. The second-order valence-corrected chi connectivity index (χ2v) is 5.72. The molecule has 0 aromatic heterocycles. The van der Waals surface area contributed by atoms with Crippen molar-refractivity contribution >= 4 is 21.6 Å². The van der Waals surface area contributed by atoms with Crippen LogP contribution in [0.2, 0.25) is 0 Å². The molecule has 1 aromatic rings. The minimum absolute atomic E-state index is 0.103. The molecule has 1 aliphatic carbocycles. The third-order valence-electron chi connectivity index (χ3n) is 3.57. The van der Waals surface area contributed by atoms with Crippen LogP contribution in [0.5, 0.6) is 0 Å². The lowest BCUT2D eigenvalue weighted by molar-refractivity contribution is -0.385. The van der Waals surface area contributed by atoms with E-state index in [9.17, 15) is 15.4 Å². The van der Waals surface area contributed by atoms with E-state index in [2.05, 4.69) is 22.0 Å². The maximum atomic E-state index is 11.0. The summed E-state index contributed by atoms with van der Waals surface area (Å²) in [6, 6.07) is 7.43. The molecule has 0 amide bonds. The van der Waals surface area contributed by atoms with Gasteiger partial charge in [-0.25, -0.2) is 0 Å². The maximum absolute atomic E-state index is 11.0. The van der Waals surface area contributed by atoms with Gasteiger partial charge in [-0.3, -0.25) is 10.1 Å². The fourth-order valence-corrected chi connectivity index (χ4v) is 2.95. The summed E-state index contributed by atoms with van der Waals surface area (Å²) in [6.07, 6.45) is 4.25. The summed E-state index contributed by atoms with van der Waals surface area (Å²) in [5.41, 5.74) is 0.357. The van der Waals surface area contributed by atoms with Crippen molar-refractivity contribution in [1.29, 1.82) is 5.26 Å². The summed E-state index contributed by atoms with van der Waals surface area (Å²) in [4.78, 5) is 10.7. The Bertz CT molecular complexity index is 516. The molecule has 4 nitrogen and oxygen atoms in total. The standard InChI is InChI=1S/C13H13BrN2O2/c14-11-4-3-10(12(7-11)16(17)18)8-13(9-15)5-1-2-6-13/h3-4,7H,1-2,5-6,8H2. The minimum atomic E-state index is -0.404. The number of halogens is 1. The van der Waals surface area contributed by atoms with Gasteiger partial charge in [0, 0.05) is 16.1 Å². The smallest absolute Gasteiger partial charge is 0.258 e. The van der Waals surface area contributed by atoms with Crippen LogP contribution >= 0.6 is 15.9 Å². The van der Waals surface area contributed by atoms with Crippen molar-refractivity contribution in [2.45, 2.75) is 32.1 Å². The van der Waals surface area contributed by atoms with Crippen LogP contribution < -0.4 is 0 Å². The molecule has 0 unspecified atom stereocenters. The van der Waals surface area contributed by atoms with Gasteiger partial charge in [0.2, 0.25) is 0 Å². The molecule has 0 radical (unpaired) electrons. The Balaban J connectivity index is 2.34. The van der Waals surface area contributed by atoms with Crippen LogP contribution in [0.4, 0.5) is 5.69 Å². The predicted octanol–water partition coefficient (Wildman–Crippen LogP) is 3.98. The van der Waals surface area contributed by atoms with Crippen molar-refractivity contribution < 1.29 is 4.92 Å². The molecule has 1 aromatic carbocycles. The lowest BCUT2D eigenvalue weighted by atomic mass is 9.81. The summed E-state index contributed by atoms with van der Waals surface area (Å²) < 4.78 is 0.690. The van der Waals surface area contributed by atoms with Gasteiger partial charge in [-0.15, -0.1) is 0 Å². The molecule has 18 heavy (non-hydrogen) atoms. The largest absolute Gasteiger partial charge is 0.273 e. The molecular formula is C13H13BrN2O2. The first-order valence-corrected chi connectivity index (χ1v) is 6.70. The number of nitriles is 1. The van der Waals surface area contributed by atoms with E-state index >= 15 is 0 Å². The normalized spacial score (nSPS) is 17.3. The van der Waals surface area contributed by atoms with Gasteiger partial charge in [0.15, 0.2) is 0 Å². The van der Waals surface area contributed by atoms with E-state index in [4.69, 9.17) is 0 Å². The zero-order valence-corrected chi connectivity index (χ0v) is 11.4. The number of nitro groups is 1. The topological polar surface area (TPSA) is 66.9 Å². The van der Waals surface area contributed by atoms with Gasteiger partial charge < -0.3 is 0 Å². The fourth-order valence-electron chi connectivity index (χ4n) is 2.60. The van der Waals surface area contributed by atoms with E-state index in [1.807, 2.05) is 0 Å². The molecule has 0 bridgehead atoms. The Kier molecular flexibility index (Phi) is 3.67. The molecule has 1 saturated carbocycles. The Morgan fingerprint density at radius 3 is 2.67 bits per heavy atom. The summed E-state index contributed by atoms with van der Waals surface area (Å²) in [7, 11) is 0. The number of benzene rings is 1. The number of rotatable bonds is 3. The van der Waals surface area contributed by atoms with E-state index in [1.165, 1.54) is 6.07 Å². The van der Waals surface area contributed by atoms with Gasteiger partial charge in [0.05, 0.1) is 16.4 Å². The summed E-state index contributed by atoms with van der Waals surface area (Å²) >= 11 is 3.24. The predicted molar refractivity (Wildman–Crippen MR) is 71.0 cm³/mol. The molecule has 0 aliphatic heterocycles. The lowest BCUT2D eigenvalue weighted by Crippen LogP contribution is -2.17. The molecule has 1 fully saturated rings. The van der Waals surface area contributed by atoms with Gasteiger partial charge >= 0.3 is 0 Å². The Labute approximate surface area is 114 Å². The summed E-state index contributed by atoms with van der Waals surface area (Å²) in [5.74, 6) is 0. The van der Waals surface area contributed by atoms with Crippen molar-refractivity contribution in [3.63, 3.8) is 0 Å². The Morgan fingerprint density at radius 1 is 1.44 bits per heavy atom. The van der Waals surface area contributed by atoms with Crippen LogP contribution in [0.3, 0.4) is 0 Å². The van der Waals surface area contributed by atoms with Crippen molar-refractivity contribution in [3.05, 3.63) is 38.3 Å². The number of hydrogen-bond acceptors (Lipinski definition) is 3. The Morgan fingerprint density at radius 2 is 2.11 bits per heavy atom. The van der Waals surface area contributed by atoms with Gasteiger partial charge in [0.1, 0.15) is 0 Å². The fraction of sp³-hybridized carbons (Fsp3) is 0.462. The van der Waals surface area contributed by atoms with Crippen LogP contribution in [-0.2, 0) is 6.42 Å². The van der Waals surface area contributed by atoms with E-state index in [0.29, 0.717) is 16.5 Å². The van der Waals surface area contributed by atoms with Crippen LogP contribution in [-0.4, -0.2) is 4.92 Å². The van der Waals surface area contributed by atoms with Gasteiger partial charge in [-0.1, -0.05) is 34.8 Å². The summed E-state index contributed by atoms with van der Waals surface area (Å²) in [5, 5.41) is 20.4. The van der Waals surface area contributed by atoms with Crippen molar-refractivity contribution in [1.82, 2.24) is 0 Å². The SMILES string of the molecule is N#CC1(Cc2ccc(Br)cc2[N+](=O)[O-])CCCC1. The van der Waals surface area contributed by atoms with Gasteiger partial charge in [-0.2, -0.15) is 5.26 Å². The molecule has 0 N–H and O–H groups in total. The zero-order chi connectivity index (χ0) is 13.2. The average molecular weight is 309 g/mol. The zero-order valence-electron chi connectivity index (χ0n) is 9.86. The van der Waals surface area contributed by atoms with Crippen LogP contribution in [0.1, 0.15) is 31.2 Å². The van der Waals surface area contributed by atoms with Crippen molar-refractivity contribution in [2.24, 2.45) is 5.41 Å². The molecule has 0 atom stereocenters. The first-order valence-electron chi connectivity index (χ1n) is 5.90. The minimum Gasteiger partial charge on any atom is -0.258 e. The highest BCUT2D eigenvalue weighted by atomic mass is 79.9. The molecule has 5 heteroatoms. The molecule has 0 spiro atoms. The van der Waals surface area contributed by atoms with Gasteiger partial charge in [0.25, 0.3) is 5.69 Å². The second-order valence-electron chi connectivity index (χ2n) is 4.81. The molecule has 1 aliphatic rings. The highest BCUT2D eigenvalue weighted by Gasteiger charge is 2.35. The first-order chi connectivity index (χ1) is 8.56. The lowest BCUT2D eigenvalue weighted by Gasteiger charge is -2.19. The van der Waals surface area contributed by atoms with Crippen LogP contribution in [0, 0.1) is 26.9 Å². The maximum Gasteiger partial charge on any atom is 0.273 e. The number of hydrogen-bond donors (Lipinski definition) is 0. The monoisotopic (exact) mass is 308 g/mol. The highest BCUT2D eigenvalue weighted by molar-refractivity contribution is 9.10. The third kappa shape index (κ3) is 2.54. The number of nitrogens with zero attached hydrogens (tertiary/aromatic N) is 2. The van der Waals surface area contributed by atoms with E-state index in [0.717, 1.165) is 25.7 Å². The first kappa shape index (κ1) is 13.0. The molecule has 0 saturated heterocycles. The molecule has 2 rings (SSSR count). The summed E-state index contributed by atoms with van der Waals surface area (Å²) in [6.45, 7) is 0. The van der Waals surface area contributed by atoms with Crippen LogP contribution in [0.15, 0.2) is 22.7 Å². The van der Waals surface area contributed by atoms with Gasteiger partial charge in [-0.05, 0) is 25.3 Å². The van der Waals surface area contributed by atoms with Crippen molar-refractivity contribution in [3.8, 4) is 6.07 Å². The Hall–Kier alpha value is -1.41. The highest BCUT2D eigenvalue weighted by Crippen LogP contribution is 2.42. The average Bonchev–Trinajstić information content (AvgIpc) is 2.80. The van der Waals surface area contributed by atoms with E-state index in [1.54, 1.807) is 12.1 Å². The molecule has 94 valence electrons. The van der Waals surface area contributed by atoms with Crippen LogP contribution in [0.25, 0.3) is 0 Å². The third-order valence-corrected chi connectivity index (χ3v) is 4.06. The van der Waals surface area contributed by atoms with Crippen molar-refractivity contribution in [2.75, 3.05) is 0 Å². The van der Waals surface area contributed by atoms with E-state index in [-0.39, 0.29) is 10.6 Å². The quantitative estimate of drug-likeness (QED) is 0.626. The molecular weight excluding hydrogens is 296 g/mol. The second kappa shape index (κ2) is 5.07.